The summed E-state index contributed by atoms with van der Waals surface area (Å²) >= 11 is 1.64. The molecule has 3 rings (SSSR count). The highest BCUT2D eigenvalue weighted by atomic mass is 32.1. The summed E-state index contributed by atoms with van der Waals surface area (Å²) in [7, 11) is 0. The number of aromatic nitrogens is 1. The molecular weight excluding hydrogens is 230 g/mol. The lowest BCUT2D eigenvalue weighted by Gasteiger charge is -2.22. The summed E-state index contributed by atoms with van der Waals surface area (Å²) in [5.74, 6) is 0.415. The smallest absolute Gasteiger partial charge is 0.166 e. The molecule has 1 heterocycles. The number of hydrogen-bond donors (Lipinski definition) is 0. The molecule has 86 valence electrons. The Morgan fingerprint density at radius 1 is 1.35 bits per heavy atom. The molecule has 0 spiro atoms. The van der Waals surface area contributed by atoms with Crippen LogP contribution in [-0.4, -0.2) is 10.8 Å². The van der Waals surface area contributed by atoms with E-state index < -0.39 is 0 Å². The minimum absolute atomic E-state index is 0.121. The van der Waals surface area contributed by atoms with Gasteiger partial charge in [-0.25, -0.2) is 4.98 Å². The molecule has 1 unspecified atom stereocenters. The topological polar surface area (TPSA) is 30.0 Å². The summed E-state index contributed by atoms with van der Waals surface area (Å²) in [4.78, 5) is 16.6. The first-order valence-corrected chi connectivity index (χ1v) is 6.73. The van der Waals surface area contributed by atoms with Gasteiger partial charge in [0.15, 0.2) is 5.78 Å². The van der Waals surface area contributed by atoms with Crippen LogP contribution >= 0.6 is 11.3 Å². The van der Waals surface area contributed by atoms with Gasteiger partial charge in [-0.1, -0.05) is 24.3 Å². The van der Waals surface area contributed by atoms with Gasteiger partial charge in [-0.15, -0.1) is 11.3 Å². The first-order valence-electron chi connectivity index (χ1n) is 5.85. The lowest BCUT2D eigenvalue weighted by molar-refractivity contribution is 0.0901. The van der Waals surface area contributed by atoms with Crippen LogP contribution in [0.1, 0.15) is 27.3 Å². The Bertz CT molecular complexity index is 533. The Hall–Kier alpha value is -1.48. The fraction of sp³-hybridized carbons (Fsp3) is 0.286. The molecule has 0 saturated carbocycles. The fourth-order valence-corrected chi connectivity index (χ4v) is 3.12. The van der Waals surface area contributed by atoms with E-state index in [2.05, 4.69) is 11.1 Å². The summed E-state index contributed by atoms with van der Waals surface area (Å²) in [5, 5.41) is 3.04. The maximum Gasteiger partial charge on any atom is 0.166 e. The van der Waals surface area contributed by atoms with Crippen molar-refractivity contribution in [3.63, 3.8) is 0 Å². The molecule has 1 aliphatic rings. The number of fused-ring (bicyclic) bond motifs is 1. The SMILES string of the molecule is O=C1c2ccccc2CCC1Cc1nccs1. The Morgan fingerprint density at radius 3 is 3.06 bits per heavy atom. The number of Topliss-reactive ketones (excluding diaryl/α,β-unsaturated/α-hetero) is 1. The molecule has 0 fully saturated rings. The van der Waals surface area contributed by atoms with E-state index in [9.17, 15) is 4.79 Å². The van der Waals surface area contributed by atoms with E-state index >= 15 is 0 Å². The zero-order chi connectivity index (χ0) is 11.7. The lowest BCUT2D eigenvalue weighted by atomic mass is 9.81. The zero-order valence-corrected chi connectivity index (χ0v) is 10.2. The van der Waals surface area contributed by atoms with Gasteiger partial charge >= 0.3 is 0 Å². The zero-order valence-electron chi connectivity index (χ0n) is 9.43. The normalized spacial score (nSPS) is 19.1. The summed E-state index contributed by atoms with van der Waals surface area (Å²) in [6, 6.07) is 7.97. The monoisotopic (exact) mass is 243 g/mol. The molecule has 0 radical (unpaired) electrons. The second kappa shape index (κ2) is 4.41. The second-order valence-corrected chi connectivity index (χ2v) is 5.37. The first-order chi connectivity index (χ1) is 8.34. The predicted octanol–water partition coefficient (Wildman–Crippen LogP) is 3.13. The molecule has 2 nitrogen and oxygen atoms in total. The fourth-order valence-electron chi connectivity index (χ4n) is 2.42. The number of benzene rings is 1. The van der Waals surface area contributed by atoms with Gasteiger partial charge in [-0.3, -0.25) is 4.79 Å². The molecule has 0 saturated heterocycles. The highest BCUT2D eigenvalue weighted by molar-refractivity contribution is 7.09. The van der Waals surface area contributed by atoms with Crippen LogP contribution < -0.4 is 0 Å². The van der Waals surface area contributed by atoms with Crippen molar-refractivity contribution >= 4 is 17.1 Å². The van der Waals surface area contributed by atoms with E-state index in [1.165, 1.54) is 5.56 Å². The van der Waals surface area contributed by atoms with E-state index in [1.54, 1.807) is 17.5 Å². The molecule has 0 N–H and O–H groups in total. The van der Waals surface area contributed by atoms with Crippen LogP contribution in [0.2, 0.25) is 0 Å². The molecule has 0 aliphatic heterocycles. The first kappa shape index (κ1) is 10.7. The van der Waals surface area contributed by atoms with Crippen molar-refractivity contribution in [3.05, 3.63) is 52.0 Å². The van der Waals surface area contributed by atoms with Crippen LogP contribution in [0.25, 0.3) is 0 Å². The van der Waals surface area contributed by atoms with Gasteiger partial charge < -0.3 is 0 Å². The van der Waals surface area contributed by atoms with Crippen molar-refractivity contribution in [1.82, 2.24) is 4.98 Å². The maximum atomic E-state index is 12.3. The van der Waals surface area contributed by atoms with E-state index in [0.29, 0.717) is 5.78 Å². The highest BCUT2D eigenvalue weighted by Crippen LogP contribution is 2.28. The standard InChI is InChI=1S/C14H13NOS/c16-14-11(9-13-15-7-8-17-13)6-5-10-3-1-2-4-12(10)14/h1-4,7-8,11H,5-6,9H2. The van der Waals surface area contributed by atoms with Gasteiger partial charge in [0, 0.05) is 29.5 Å². The Labute approximate surface area is 104 Å². The molecule has 17 heavy (non-hydrogen) atoms. The van der Waals surface area contributed by atoms with Crippen LogP contribution in [0.4, 0.5) is 0 Å². The average molecular weight is 243 g/mol. The number of hydrogen-bond acceptors (Lipinski definition) is 3. The average Bonchev–Trinajstić information content (AvgIpc) is 2.86. The number of carbonyl (C=O) groups is 1. The van der Waals surface area contributed by atoms with E-state index in [1.807, 2.05) is 23.6 Å². The second-order valence-electron chi connectivity index (χ2n) is 4.39. The number of rotatable bonds is 2. The predicted molar refractivity (Wildman–Crippen MR) is 68.4 cm³/mol. The van der Waals surface area contributed by atoms with Crippen LogP contribution in [0.5, 0.6) is 0 Å². The third kappa shape index (κ3) is 2.03. The summed E-state index contributed by atoms with van der Waals surface area (Å²) in [6.45, 7) is 0. The van der Waals surface area contributed by atoms with Gasteiger partial charge in [-0.05, 0) is 18.4 Å². The van der Waals surface area contributed by atoms with Crippen molar-refractivity contribution in [2.45, 2.75) is 19.3 Å². The van der Waals surface area contributed by atoms with Gasteiger partial charge in [0.1, 0.15) is 0 Å². The third-order valence-electron chi connectivity index (χ3n) is 3.32. The molecule has 0 bridgehead atoms. The number of ketones is 1. The number of thiazole rings is 1. The van der Waals surface area contributed by atoms with Crippen molar-refractivity contribution < 1.29 is 4.79 Å². The van der Waals surface area contributed by atoms with Gasteiger partial charge in [0.25, 0.3) is 0 Å². The van der Waals surface area contributed by atoms with Crippen LogP contribution in [0.3, 0.4) is 0 Å². The number of carbonyl (C=O) groups excluding carboxylic acids is 1. The highest BCUT2D eigenvalue weighted by Gasteiger charge is 2.27. The van der Waals surface area contributed by atoms with Crippen LogP contribution in [-0.2, 0) is 12.8 Å². The van der Waals surface area contributed by atoms with Gasteiger partial charge in [0.2, 0.25) is 0 Å². The van der Waals surface area contributed by atoms with Crippen LogP contribution in [0, 0.1) is 5.92 Å². The molecule has 3 heteroatoms. The summed E-state index contributed by atoms with van der Waals surface area (Å²) in [5.41, 5.74) is 2.12. The minimum atomic E-state index is 0.121. The summed E-state index contributed by atoms with van der Waals surface area (Å²) in [6.07, 6.45) is 4.57. The Balaban J connectivity index is 1.84. The third-order valence-corrected chi connectivity index (χ3v) is 4.12. The quantitative estimate of drug-likeness (QED) is 0.811. The number of aryl methyl sites for hydroxylation is 1. The molecule has 1 aromatic heterocycles. The maximum absolute atomic E-state index is 12.3. The van der Waals surface area contributed by atoms with E-state index in [-0.39, 0.29) is 5.92 Å². The van der Waals surface area contributed by atoms with E-state index in [0.717, 1.165) is 29.8 Å². The molecular formula is C14H13NOS. The lowest BCUT2D eigenvalue weighted by Crippen LogP contribution is -2.24. The Kier molecular flexibility index (Phi) is 2.77. The summed E-state index contributed by atoms with van der Waals surface area (Å²) < 4.78 is 0. The van der Waals surface area contributed by atoms with Crippen molar-refractivity contribution in [2.24, 2.45) is 5.92 Å². The molecule has 1 aromatic carbocycles. The molecule has 0 amide bonds. The Morgan fingerprint density at radius 2 is 2.24 bits per heavy atom. The number of nitrogens with zero attached hydrogens (tertiary/aromatic N) is 1. The van der Waals surface area contributed by atoms with Gasteiger partial charge in [0.05, 0.1) is 5.01 Å². The molecule has 1 atom stereocenters. The van der Waals surface area contributed by atoms with Gasteiger partial charge in [-0.2, -0.15) is 0 Å². The van der Waals surface area contributed by atoms with Crippen molar-refractivity contribution in [3.8, 4) is 0 Å². The van der Waals surface area contributed by atoms with Crippen LogP contribution in [0.15, 0.2) is 35.8 Å². The van der Waals surface area contributed by atoms with Crippen molar-refractivity contribution in [1.29, 1.82) is 0 Å². The minimum Gasteiger partial charge on any atom is -0.294 e. The molecule has 1 aliphatic carbocycles. The molecule has 2 aromatic rings. The van der Waals surface area contributed by atoms with E-state index in [4.69, 9.17) is 0 Å². The van der Waals surface area contributed by atoms with Crippen molar-refractivity contribution in [2.75, 3.05) is 0 Å². The largest absolute Gasteiger partial charge is 0.294 e.